The van der Waals surface area contributed by atoms with Crippen LogP contribution in [-0.4, -0.2) is 28.6 Å². The maximum atomic E-state index is 12.7. The second kappa shape index (κ2) is 9.91. The second-order valence-electron chi connectivity index (χ2n) is 6.69. The standard InChI is InChI=1S/C17H18F3N3OS.C3H8/c1-12-11-23(14-7-5-13(6-8-14)17(18,19)20)16(25-12)21-15(24)22-9-3-2-4-10-22;1-3-2/h5-8,11H,2-4,9-10H2,1H3;3H2,1-2H3. The van der Waals surface area contributed by atoms with Gasteiger partial charge in [0.1, 0.15) is 0 Å². The fraction of sp³-hybridized carbons (Fsp3) is 0.500. The number of aromatic nitrogens is 1. The summed E-state index contributed by atoms with van der Waals surface area (Å²) in [7, 11) is 0. The van der Waals surface area contributed by atoms with E-state index >= 15 is 0 Å². The Bertz CT molecular complexity index is 832. The molecular weight excluding hydrogens is 387 g/mol. The Morgan fingerprint density at radius 2 is 1.68 bits per heavy atom. The summed E-state index contributed by atoms with van der Waals surface area (Å²) >= 11 is 1.34. The summed E-state index contributed by atoms with van der Waals surface area (Å²) in [5, 5.41) is 0. The summed E-state index contributed by atoms with van der Waals surface area (Å²) in [5.74, 6) is 0. The van der Waals surface area contributed by atoms with Gasteiger partial charge in [-0.15, -0.1) is 11.3 Å². The van der Waals surface area contributed by atoms with Gasteiger partial charge < -0.3 is 4.90 Å². The van der Waals surface area contributed by atoms with Crippen molar-refractivity contribution in [3.63, 3.8) is 0 Å². The molecule has 0 unspecified atom stereocenters. The average Bonchev–Trinajstić information content (AvgIpc) is 3.02. The number of likely N-dealkylation sites (tertiary alicyclic amines) is 1. The van der Waals surface area contributed by atoms with Crippen molar-refractivity contribution < 1.29 is 18.0 Å². The predicted octanol–water partition coefficient (Wildman–Crippen LogP) is 5.79. The minimum absolute atomic E-state index is 0.290. The highest BCUT2D eigenvalue weighted by Gasteiger charge is 2.30. The zero-order valence-corrected chi connectivity index (χ0v) is 17.2. The third-order valence-electron chi connectivity index (χ3n) is 4.06. The van der Waals surface area contributed by atoms with Gasteiger partial charge in [0.15, 0.2) is 4.80 Å². The molecule has 8 heteroatoms. The van der Waals surface area contributed by atoms with Crippen molar-refractivity contribution in [2.45, 2.75) is 52.6 Å². The molecule has 0 bridgehead atoms. The number of benzene rings is 1. The van der Waals surface area contributed by atoms with E-state index in [1.807, 2.05) is 6.92 Å². The van der Waals surface area contributed by atoms with Crippen molar-refractivity contribution in [1.82, 2.24) is 9.47 Å². The molecule has 1 aromatic carbocycles. The Morgan fingerprint density at radius 3 is 2.21 bits per heavy atom. The Labute approximate surface area is 167 Å². The fourth-order valence-electron chi connectivity index (χ4n) is 2.77. The lowest BCUT2D eigenvalue weighted by molar-refractivity contribution is -0.137. The molecule has 1 aliphatic heterocycles. The Morgan fingerprint density at radius 1 is 1.11 bits per heavy atom. The number of rotatable bonds is 1. The van der Waals surface area contributed by atoms with E-state index in [1.54, 1.807) is 15.7 Å². The van der Waals surface area contributed by atoms with E-state index in [2.05, 4.69) is 18.8 Å². The van der Waals surface area contributed by atoms with Crippen LogP contribution in [0.15, 0.2) is 35.5 Å². The van der Waals surface area contributed by atoms with Crippen LogP contribution in [0.4, 0.5) is 18.0 Å². The van der Waals surface area contributed by atoms with Gasteiger partial charge in [-0.25, -0.2) is 4.79 Å². The zero-order valence-electron chi connectivity index (χ0n) is 16.4. The van der Waals surface area contributed by atoms with Gasteiger partial charge in [0.05, 0.1) is 5.56 Å². The van der Waals surface area contributed by atoms with Crippen molar-refractivity contribution >= 4 is 17.4 Å². The first-order valence-electron chi connectivity index (χ1n) is 9.46. The van der Waals surface area contributed by atoms with Gasteiger partial charge in [0, 0.05) is 29.9 Å². The lowest BCUT2D eigenvalue weighted by Crippen LogP contribution is -2.34. The molecule has 1 saturated heterocycles. The first-order chi connectivity index (χ1) is 13.3. The molecule has 0 radical (unpaired) electrons. The van der Waals surface area contributed by atoms with E-state index in [4.69, 9.17) is 0 Å². The summed E-state index contributed by atoms with van der Waals surface area (Å²) < 4.78 is 39.8. The molecule has 2 aromatic rings. The quantitative estimate of drug-likeness (QED) is 0.583. The molecule has 0 aliphatic carbocycles. The molecule has 0 saturated carbocycles. The van der Waals surface area contributed by atoms with E-state index in [9.17, 15) is 18.0 Å². The van der Waals surface area contributed by atoms with Crippen molar-refractivity contribution in [3.8, 4) is 5.69 Å². The van der Waals surface area contributed by atoms with Gasteiger partial charge in [-0.3, -0.25) is 4.57 Å². The van der Waals surface area contributed by atoms with Crippen LogP contribution >= 0.6 is 11.3 Å². The molecule has 0 spiro atoms. The lowest BCUT2D eigenvalue weighted by atomic mass is 10.1. The van der Waals surface area contributed by atoms with Crippen LogP contribution in [0.5, 0.6) is 0 Å². The summed E-state index contributed by atoms with van der Waals surface area (Å²) in [6.07, 6.45) is 1.72. The van der Waals surface area contributed by atoms with Gasteiger partial charge in [0.25, 0.3) is 0 Å². The molecule has 0 N–H and O–H groups in total. The monoisotopic (exact) mass is 413 g/mol. The maximum Gasteiger partial charge on any atom is 0.416 e. The average molecular weight is 414 g/mol. The highest BCUT2D eigenvalue weighted by molar-refractivity contribution is 7.09. The number of amides is 2. The number of piperidine rings is 1. The molecule has 2 amide bonds. The van der Waals surface area contributed by atoms with Crippen LogP contribution < -0.4 is 4.80 Å². The molecule has 1 aliphatic rings. The van der Waals surface area contributed by atoms with E-state index in [-0.39, 0.29) is 6.03 Å². The number of carbonyl (C=O) groups is 1. The lowest BCUT2D eigenvalue weighted by Gasteiger charge is -2.24. The van der Waals surface area contributed by atoms with Gasteiger partial charge >= 0.3 is 12.2 Å². The number of thiazole rings is 1. The van der Waals surface area contributed by atoms with Crippen molar-refractivity contribution in [2.24, 2.45) is 4.99 Å². The van der Waals surface area contributed by atoms with Gasteiger partial charge in [-0.1, -0.05) is 20.3 Å². The van der Waals surface area contributed by atoms with E-state index in [0.29, 0.717) is 23.6 Å². The smallest absolute Gasteiger partial charge is 0.323 e. The van der Waals surface area contributed by atoms with Crippen LogP contribution in [0.1, 0.15) is 50.0 Å². The second-order valence-corrected chi connectivity index (χ2v) is 7.90. The fourth-order valence-corrected chi connectivity index (χ4v) is 3.59. The minimum Gasteiger partial charge on any atom is -0.323 e. The van der Waals surface area contributed by atoms with Crippen LogP contribution in [-0.2, 0) is 6.18 Å². The SMILES string of the molecule is CCC.Cc1cn(-c2ccc(C(F)(F)F)cc2)c(=NC(=O)N2CCCCC2)s1. The summed E-state index contributed by atoms with van der Waals surface area (Å²) in [6, 6.07) is 4.55. The molecule has 2 heterocycles. The van der Waals surface area contributed by atoms with E-state index < -0.39 is 11.7 Å². The van der Waals surface area contributed by atoms with E-state index in [0.717, 1.165) is 36.3 Å². The summed E-state index contributed by atoms with van der Waals surface area (Å²) in [4.78, 5) is 19.7. The first-order valence-corrected chi connectivity index (χ1v) is 10.3. The predicted molar refractivity (Wildman–Crippen MR) is 106 cm³/mol. The summed E-state index contributed by atoms with van der Waals surface area (Å²) in [5.41, 5.74) is -0.158. The van der Waals surface area contributed by atoms with Gasteiger partial charge in [0.2, 0.25) is 0 Å². The van der Waals surface area contributed by atoms with Gasteiger partial charge in [-0.2, -0.15) is 18.2 Å². The number of halogens is 3. The number of hydrogen-bond acceptors (Lipinski definition) is 2. The van der Waals surface area contributed by atoms with Gasteiger partial charge in [-0.05, 0) is 50.5 Å². The molecular formula is C20H26F3N3OS. The topological polar surface area (TPSA) is 37.6 Å². The molecule has 1 fully saturated rings. The number of alkyl halides is 3. The van der Waals surface area contributed by atoms with Crippen LogP contribution in [0.25, 0.3) is 5.69 Å². The van der Waals surface area contributed by atoms with Crippen LogP contribution in [0.2, 0.25) is 0 Å². The number of nitrogens with zero attached hydrogens (tertiary/aromatic N) is 3. The van der Waals surface area contributed by atoms with Crippen LogP contribution in [0, 0.1) is 6.92 Å². The Balaban J connectivity index is 0.000000878. The van der Waals surface area contributed by atoms with Crippen molar-refractivity contribution in [1.29, 1.82) is 0 Å². The number of aryl methyl sites for hydroxylation is 1. The normalized spacial score (nSPS) is 15.2. The molecule has 28 heavy (non-hydrogen) atoms. The summed E-state index contributed by atoms with van der Waals surface area (Å²) in [6.45, 7) is 7.52. The molecule has 154 valence electrons. The Kier molecular flexibility index (Phi) is 7.86. The third-order valence-corrected chi connectivity index (χ3v) is 4.96. The number of carbonyl (C=O) groups excluding carboxylic acids is 1. The zero-order chi connectivity index (χ0) is 20.7. The van der Waals surface area contributed by atoms with E-state index in [1.165, 1.54) is 29.9 Å². The van der Waals surface area contributed by atoms with Crippen LogP contribution in [0.3, 0.4) is 0 Å². The number of hydrogen-bond donors (Lipinski definition) is 0. The maximum absolute atomic E-state index is 12.7. The Hall–Kier alpha value is -2.09. The number of urea groups is 1. The highest BCUT2D eigenvalue weighted by Crippen LogP contribution is 2.29. The first kappa shape index (κ1) is 22.2. The molecule has 4 nitrogen and oxygen atoms in total. The van der Waals surface area contributed by atoms with Crippen molar-refractivity contribution in [2.75, 3.05) is 13.1 Å². The third kappa shape index (κ3) is 5.95. The van der Waals surface area contributed by atoms with Crippen molar-refractivity contribution in [3.05, 3.63) is 45.7 Å². The highest BCUT2D eigenvalue weighted by atomic mass is 32.1. The molecule has 1 aromatic heterocycles. The minimum atomic E-state index is -4.37. The molecule has 0 atom stereocenters. The largest absolute Gasteiger partial charge is 0.416 e. The molecule has 3 rings (SSSR count).